The predicted molar refractivity (Wildman–Crippen MR) is 160 cm³/mol. The van der Waals surface area contributed by atoms with Gasteiger partial charge in [0.2, 0.25) is 11.8 Å². The average Bonchev–Trinajstić information content (AvgIpc) is 3.47. The molecule has 2 atom stereocenters. The van der Waals surface area contributed by atoms with Crippen LogP contribution in [0.15, 0.2) is 12.5 Å². The van der Waals surface area contributed by atoms with E-state index >= 15 is 0 Å². The van der Waals surface area contributed by atoms with Crippen LogP contribution in [0.2, 0.25) is 0 Å². The molecule has 0 aliphatic carbocycles. The number of rotatable bonds is 25. The van der Waals surface area contributed by atoms with Crippen LogP contribution in [0.5, 0.6) is 0 Å². The highest BCUT2D eigenvalue weighted by molar-refractivity contribution is 6.02. The second kappa shape index (κ2) is 22.8. The molecule has 234 valence electrons. The maximum atomic E-state index is 13.7. The second-order valence-corrected chi connectivity index (χ2v) is 10.8. The van der Waals surface area contributed by atoms with Crippen LogP contribution in [0.1, 0.15) is 122 Å². The normalized spacial score (nSPS) is 12.6. The molecular formula is C30H54N6O5. The number of hydrogen-bond donors (Lipinski definition) is 5. The van der Waals surface area contributed by atoms with Gasteiger partial charge in [0.05, 0.1) is 12.9 Å². The molecule has 0 aliphatic rings. The molecular weight excluding hydrogens is 524 g/mol. The predicted octanol–water partition coefficient (Wildman–Crippen LogP) is 3.81. The zero-order valence-corrected chi connectivity index (χ0v) is 25.1. The Kier molecular flexibility index (Phi) is 20.2. The molecule has 0 saturated heterocycles. The van der Waals surface area contributed by atoms with Gasteiger partial charge in [-0.15, -0.1) is 0 Å². The van der Waals surface area contributed by atoms with Crippen molar-refractivity contribution < 1.29 is 24.3 Å². The standard InChI is InChI=1S/C30H54N6O5/c1-2-3-4-5-6-7-8-9-10-11-12-13-14-18-28(38)36(26(30(40)41)17-15-16-19-31)29(39)25(35-27(37)21-32)20-24-22-33-23-34-24/h22-23,25-26H,2-21,31-32H2,1H3,(H,33,34)(H,35,37)(H,40,41)/t25-,26-/m0/s1. The number of aromatic amines is 1. The zero-order valence-electron chi connectivity index (χ0n) is 25.1. The molecule has 1 heterocycles. The number of hydrogen-bond acceptors (Lipinski definition) is 7. The average molecular weight is 579 g/mol. The summed E-state index contributed by atoms with van der Waals surface area (Å²) in [7, 11) is 0. The minimum Gasteiger partial charge on any atom is -0.480 e. The fraction of sp³-hybridized carbons (Fsp3) is 0.767. The first kappa shape index (κ1) is 36.2. The number of amides is 3. The Morgan fingerprint density at radius 3 is 1.98 bits per heavy atom. The van der Waals surface area contributed by atoms with E-state index in [0.717, 1.165) is 24.2 Å². The Balaban J connectivity index is 2.73. The van der Waals surface area contributed by atoms with Crippen LogP contribution in [0.3, 0.4) is 0 Å². The van der Waals surface area contributed by atoms with E-state index in [4.69, 9.17) is 11.5 Å². The summed E-state index contributed by atoms with van der Waals surface area (Å²) in [6.45, 7) is 2.26. The molecule has 11 nitrogen and oxygen atoms in total. The summed E-state index contributed by atoms with van der Waals surface area (Å²) in [5, 5.41) is 12.5. The van der Waals surface area contributed by atoms with Gasteiger partial charge in [0.15, 0.2) is 0 Å². The van der Waals surface area contributed by atoms with E-state index in [1.165, 1.54) is 70.3 Å². The summed E-state index contributed by atoms with van der Waals surface area (Å²) >= 11 is 0. The molecule has 0 aliphatic heterocycles. The van der Waals surface area contributed by atoms with Gasteiger partial charge in [-0.2, -0.15) is 0 Å². The Morgan fingerprint density at radius 2 is 1.49 bits per heavy atom. The Bertz CT molecular complexity index is 864. The quantitative estimate of drug-likeness (QED) is 0.108. The lowest BCUT2D eigenvalue weighted by molar-refractivity contribution is -0.159. The van der Waals surface area contributed by atoms with Crippen LogP contribution in [-0.4, -0.2) is 68.8 Å². The summed E-state index contributed by atoms with van der Waals surface area (Å²) in [6.07, 6.45) is 19.2. The highest BCUT2D eigenvalue weighted by Gasteiger charge is 2.38. The van der Waals surface area contributed by atoms with Gasteiger partial charge >= 0.3 is 5.97 Å². The maximum absolute atomic E-state index is 13.7. The molecule has 11 heteroatoms. The van der Waals surface area contributed by atoms with E-state index in [1.807, 2.05) is 0 Å². The van der Waals surface area contributed by atoms with Crippen LogP contribution < -0.4 is 16.8 Å². The third kappa shape index (κ3) is 15.7. The molecule has 0 spiro atoms. The van der Waals surface area contributed by atoms with Gasteiger partial charge in [-0.25, -0.2) is 9.78 Å². The van der Waals surface area contributed by atoms with Crippen LogP contribution in [0.25, 0.3) is 0 Å². The number of carbonyl (C=O) groups is 4. The molecule has 0 unspecified atom stereocenters. The van der Waals surface area contributed by atoms with Crippen molar-refractivity contribution in [2.24, 2.45) is 11.5 Å². The van der Waals surface area contributed by atoms with Crippen molar-refractivity contribution in [1.29, 1.82) is 0 Å². The molecule has 7 N–H and O–H groups in total. The van der Waals surface area contributed by atoms with Crippen LogP contribution in [-0.2, 0) is 25.6 Å². The topological polar surface area (TPSA) is 184 Å². The summed E-state index contributed by atoms with van der Waals surface area (Å²) in [4.78, 5) is 59.1. The van der Waals surface area contributed by atoms with Crippen molar-refractivity contribution >= 4 is 23.7 Å². The number of nitrogens with one attached hydrogen (secondary N) is 2. The minimum atomic E-state index is -1.34. The summed E-state index contributed by atoms with van der Waals surface area (Å²) in [5.41, 5.74) is 11.6. The number of H-pyrrole nitrogens is 1. The molecule has 1 aromatic rings. The Hall–Kier alpha value is -2.79. The van der Waals surface area contributed by atoms with Gasteiger partial charge in [0, 0.05) is 24.7 Å². The molecule has 0 bridgehead atoms. The molecule has 0 saturated carbocycles. The molecule has 1 rings (SSSR count). The Morgan fingerprint density at radius 1 is 0.902 bits per heavy atom. The number of aromatic nitrogens is 2. The number of carbonyl (C=O) groups excluding carboxylic acids is 3. The largest absolute Gasteiger partial charge is 0.480 e. The van der Waals surface area contributed by atoms with Gasteiger partial charge in [0.1, 0.15) is 12.1 Å². The first-order valence-corrected chi connectivity index (χ1v) is 15.6. The lowest BCUT2D eigenvalue weighted by Gasteiger charge is -2.31. The van der Waals surface area contributed by atoms with E-state index < -0.39 is 35.8 Å². The van der Waals surface area contributed by atoms with Crippen molar-refractivity contribution in [1.82, 2.24) is 20.2 Å². The number of imidazole rings is 1. The van der Waals surface area contributed by atoms with Gasteiger partial charge in [-0.3, -0.25) is 19.3 Å². The SMILES string of the molecule is CCCCCCCCCCCCCCCC(=O)N(C(=O)[C@H](Cc1cnc[nH]1)NC(=O)CN)[C@@H](CCCCN)C(=O)O. The number of imide groups is 1. The number of nitrogens with two attached hydrogens (primary N) is 2. The number of nitrogens with zero attached hydrogens (tertiary/aromatic N) is 2. The fourth-order valence-corrected chi connectivity index (χ4v) is 4.95. The smallest absolute Gasteiger partial charge is 0.326 e. The number of carboxylic acids is 1. The third-order valence-corrected chi connectivity index (χ3v) is 7.33. The monoisotopic (exact) mass is 578 g/mol. The summed E-state index contributed by atoms with van der Waals surface area (Å²) < 4.78 is 0. The van der Waals surface area contributed by atoms with Crippen LogP contribution >= 0.6 is 0 Å². The van der Waals surface area contributed by atoms with Crippen molar-refractivity contribution in [2.45, 2.75) is 135 Å². The van der Waals surface area contributed by atoms with Crippen LogP contribution in [0.4, 0.5) is 0 Å². The Labute approximate surface area is 245 Å². The molecule has 0 radical (unpaired) electrons. The fourth-order valence-electron chi connectivity index (χ4n) is 4.95. The number of aliphatic carboxylic acids is 1. The van der Waals surface area contributed by atoms with Crippen molar-refractivity contribution in [2.75, 3.05) is 13.1 Å². The molecule has 3 amide bonds. The van der Waals surface area contributed by atoms with Gasteiger partial charge in [-0.05, 0) is 32.2 Å². The molecule has 41 heavy (non-hydrogen) atoms. The third-order valence-electron chi connectivity index (χ3n) is 7.33. The van der Waals surface area contributed by atoms with E-state index in [2.05, 4.69) is 22.2 Å². The number of carboxylic acid groups (broad SMARTS) is 1. The van der Waals surface area contributed by atoms with Crippen molar-refractivity contribution in [3.63, 3.8) is 0 Å². The first-order valence-electron chi connectivity index (χ1n) is 15.6. The first-order chi connectivity index (χ1) is 19.8. The molecule has 0 aromatic carbocycles. The number of unbranched alkanes of at least 4 members (excludes halogenated alkanes) is 13. The molecule has 1 aromatic heterocycles. The molecule has 0 fully saturated rings. The minimum absolute atomic E-state index is 0.0161. The van der Waals surface area contributed by atoms with E-state index in [9.17, 15) is 24.3 Å². The van der Waals surface area contributed by atoms with Crippen molar-refractivity contribution in [3.8, 4) is 0 Å². The maximum Gasteiger partial charge on any atom is 0.326 e. The van der Waals surface area contributed by atoms with Crippen molar-refractivity contribution in [3.05, 3.63) is 18.2 Å². The van der Waals surface area contributed by atoms with Gasteiger partial charge in [-0.1, -0.05) is 84.0 Å². The van der Waals surface area contributed by atoms with E-state index in [1.54, 1.807) is 0 Å². The summed E-state index contributed by atoms with van der Waals surface area (Å²) in [5.74, 6) is -3.16. The highest BCUT2D eigenvalue weighted by Crippen LogP contribution is 2.18. The second-order valence-electron chi connectivity index (χ2n) is 10.8. The van der Waals surface area contributed by atoms with Gasteiger partial charge in [0.25, 0.3) is 5.91 Å². The lowest BCUT2D eigenvalue weighted by atomic mass is 10.0. The van der Waals surface area contributed by atoms with E-state index in [0.29, 0.717) is 31.5 Å². The highest BCUT2D eigenvalue weighted by atomic mass is 16.4. The lowest BCUT2D eigenvalue weighted by Crippen LogP contribution is -2.57. The van der Waals surface area contributed by atoms with E-state index in [-0.39, 0.29) is 25.8 Å². The van der Waals surface area contributed by atoms with Gasteiger partial charge < -0.3 is 26.9 Å². The zero-order chi connectivity index (χ0) is 30.3. The van der Waals surface area contributed by atoms with Crippen LogP contribution in [0, 0.1) is 0 Å². The summed E-state index contributed by atoms with van der Waals surface area (Å²) in [6, 6.07) is -2.51.